The number of nitrogens with two attached hydrogens (primary N) is 1. The number of methoxy groups -OCH3 is 1. The second kappa shape index (κ2) is 10.7. The predicted molar refractivity (Wildman–Crippen MR) is 121 cm³/mol. The summed E-state index contributed by atoms with van der Waals surface area (Å²) in [5.41, 5.74) is 10.1. The van der Waals surface area contributed by atoms with Crippen LogP contribution in [0.5, 0.6) is 5.75 Å². The molecule has 0 aliphatic rings. The van der Waals surface area contributed by atoms with Crippen molar-refractivity contribution < 1.29 is 14.3 Å². The molecule has 1 atom stereocenters. The van der Waals surface area contributed by atoms with Gasteiger partial charge in [-0.2, -0.15) is 5.10 Å². The van der Waals surface area contributed by atoms with E-state index in [-0.39, 0.29) is 11.9 Å². The molecule has 0 saturated heterocycles. The largest absolute Gasteiger partial charge is 0.492 e. The fourth-order valence-corrected chi connectivity index (χ4v) is 3.28. The predicted octanol–water partition coefficient (Wildman–Crippen LogP) is 3.33. The summed E-state index contributed by atoms with van der Waals surface area (Å²) >= 11 is 0. The van der Waals surface area contributed by atoms with Crippen molar-refractivity contribution in [3.05, 3.63) is 71.5 Å². The lowest BCUT2D eigenvalue weighted by molar-refractivity contribution is 0.0939. The lowest BCUT2D eigenvalue weighted by Gasteiger charge is -2.17. The molecule has 0 bridgehead atoms. The Bertz CT molecular complexity index is 1020. The molecular formula is C24H30N4O3. The Morgan fingerprint density at radius 2 is 2.03 bits per heavy atom. The third-order valence-corrected chi connectivity index (χ3v) is 5.07. The number of hydrogen-bond acceptors (Lipinski definition) is 5. The summed E-state index contributed by atoms with van der Waals surface area (Å²) < 4.78 is 12.5. The molecule has 1 amide bonds. The van der Waals surface area contributed by atoms with Gasteiger partial charge in [-0.25, -0.2) is 0 Å². The number of carbonyl (C=O) groups excluding carboxylic acids is 1. The van der Waals surface area contributed by atoms with E-state index in [2.05, 4.69) is 16.5 Å². The highest BCUT2D eigenvalue weighted by Crippen LogP contribution is 2.24. The highest BCUT2D eigenvalue weighted by molar-refractivity contribution is 5.96. The van der Waals surface area contributed by atoms with Crippen LogP contribution in [0.2, 0.25) is 0 Å². The molecule has 0 fully saturated rings. The smallest absolute Gasteiger partial charge is 0.252 e. The van der Waals surface area contributed by atoms with Gasteiger partial charge >= 0.3 is 0 Å². The van der Waals surface area contributed by atoms with Crippen LogP contribution in [-0.4, -0.2) is 42.6 Å². The molecule has 2 aromatic carbocycles. The van der Waals surface area contributed by atoms with Gasteiger partial charge in [0.1, 0.15) is 12.4 Å². The van der Waals surface area contributed by atoms with E-state index in [1.807, 2.05) is 61.3 Å². The first kappa shape index (κ1) is 22.5. The molecule has 3 aromatic rings. The number of rotatable bonds is 10. The first-order valence-corrected chi connectivity index (χ1v) is 10.4. The summed E-state index contributed by atoms with van der Waals surface area (Å²) in [7, 11) is 1.68. The monoisotopic (exact) mass is 422 g/mol. The van der Waals surface area contributed by atoms with Crippen molar-refractivity contribution in [2.45, 2.75) is 26.4 Å². The molecule has 3 rings (SSSR count). The van der Waals surface area contributed by atoms with Crippen molar-refractivity contribution in [2.75, 3.05) is 26.9 Å². The lowest BCUT2D eigenvalue weighted by Crippen LogP contribution is -2.27. The first-order valence-electron chi connectivity index (χ1n) is 10.4. The minimum atomic E-state index is -0.163. The van der Waals surface area contributed by atoms with Crippen molar-refractivity contribution in [3.63, 3.8) is 0 Å². The van der Waals surface area contributed by atoms with E-state index in [9.17, 15) is 4.79 Å². The molecule has 7 nitrogen and oxygen atoms in total. The molecule has 164 valence electrons. The molecule has 0 spiro atoms. The van der Waals surface area contributed by atoms with Crippen LogP contribution in [-0.2, 0) is 11.3 Å². The van der Waals surface area contributed by atoms with E-state index < -0.39 is 0 Å². The zero-order valence-corrected chi connectivity index (χ0v) is 18.3. The molecule has 0 radical (unpaired) electrons. The van der Waals surface area contributed by atoms with Crippen LogP contribution in [0.15, 0.2) is 54.9 Å². The van der Waals surface area contributed by atoms with E-state index in [0.29, 0.717) is 37.6 Å². The first-order chi connectivity index (χ1) is 15.0. The third-order valence-electron chi connectivity index (χ3n) is 5.07. The van der Waals surface area contributed by atoms with Crippen LogP contribution in [0.3, 0.4) is 0 Å². The van der Waals surface area contributed by atoms with Gasteiger partial charge in [0, 0.05) is 31.0 Å². The number of amides is 1. The Kier molecular flexibility index (Phi) is 7.81. The number of nitrogens with zero attached hydrogens (tertiary/aromatic N) is 2. The Labute approximate surface area is 183 Å². The standard InChI is InChI=1S/C24H30N4O3/c1-17-7-8-22(31-11-9-25)14-23(17)24(29)27-18(2)19-5-4-6-20(13-19)21-15-26-28(16-21)10-12-30-3/h4-8,13-16,18H,9-12,25H2,1-3H3,(H,27,29)/t18-/m1/s1. The van der Waals surface area contributed by atoms with E-state index in [0.717, 1.165) is 22.3 Å². The Morgan fingerprint density at radius 1 is 1.19 bits per heavy atom. The molecule has 1 aromatic heterocycles. The number of aromatic nitrogens is 2. The second-order valence-electron chi connectivity index (χ2n) is 7.42. The molecule has 0 aliphatic heterocycles. The SMILES string of the molecule is COCCn1cc(-c2cccc([C@@H](C)NC(=O)c3cc(OCCN)ccc3C)c2)cn1. The normalized spacial score (nSPS) is 11.9. The van der Waals surface area contributed by atoms with Gasteiger partial charge in [0.05, 0.1) is 25.4 Å². The van der Waals surface area contributed by atoms with Crippen LogP contribution in [0, 0.1) is 6.92 Å². The number of hydrogen-bond donors (Lipinski definition) is 2. The Hall–Kier alpha value is -3.16. The van der Waals surface area contributed by atoms with Crippen molar-refractivity contribution in [3.8, 4) is 16.9 Å². The summed E-state index contributed by atoms with van der Waals surface area (Å²) in [5, 5.41) is 7.47. The van der Waals surface area contributed by atoms with Gasteiger partial charge in [-0.1, -0.05) is 24.3 Å². The van der Waals surface area contributed by atoms with Gasteiger partial charge < -0.3 is 20.5 Å². The highest BCUT2D eigenvalue weighted by Gasteiger charge is 2.15. The van der Waals surface area contributed by atoms with Gasteiger partial charge in [0.2, 0.25) is 0 Å². The summed E-state index contributed by atoms with van der Waals surface area (Å²) in [4.78, 5) is 12.9. The maximum Gasteiger partial charge on any atom is 0.252 e. The lowest BCUT2D eigenvalue weighted by atomic mass is 10.0. The van der Waals surface area contributed by atoms with Crippen LogP contribution < -0.4 is 15.8 Å². The van der Waals surface area contributed by atoms with Crippen LogP contribution in [0.4, 0.5) is 0 Å². The quantitative estimate of drug-likeness (QED) is 0.523. The highest BCUT2D eigenvalue weighted by atomic mass is 16.5. The molecule has 7 heteroatoms. The Morgan fingerprint density at radius 3 is 2.81 bits per heavy atom. The van der Waals surface area contributed by atoms with Crippen LogP contribution in [0.1, 0.15) is 34.5 Å². The molecule has 0 unspecified atom stereocenters. The minimum absolute atomic E-state index is 0.138. The average molecular weight is 423 g/mol. The fraction of sp³-hybridized carbons (Fsp3) is 0.333. The number of aryl methyl sites for hydroxylation is 1. The molecule has 1 heterocycles. The molecule has 31 heavy (non-hydrogen) atoms. The van der Waals surface area contributed by atoms with E-state index >= 15 is 0 Å². The second-order valence-corrected chi connectivity index (χ2v) is 7.42. The number of nitrogens with one attached hydrogen (secondary N) is 1. The Balaban J connectivity index is 1.72. The maximum absolute atomic E-state index is 12.9. The van der Waals surface area contributed by atoms with Crippen molar-refractivity contribution in [1.82, 2.24) is 15.1 Å². The number of ether oxygens (including phenoxy) is 2. The van der Waals surface area contributed by atoms with E-state index in [1.165, 1.54) is 0 Å². The van der Waals surface area contributed by atoms with Gasteiger partial charge in [-0.3, -0.25) is 9.48 Å². The zero-order valence-electron chi connectivity index (χ0n) is 18.3. The fourth-order valence-electron chi connectivity index (χ4n) is 3.28. The molecule has 0 saturated carbocycles. The van der Waals surface area contributed by atoms with Gasteiger partial charge in [-0.05, 0) is 48.7 Å². The zero-order chi connectivity index (χ0) is 22.2. The van der Waals surface area contributed by atoms with Gasteiger partial charge in [0.25, 0.3) is 5.91 Å². The van der Waals surface area contributed by atoms with Gasteiger partial charge in [0.15, 0.2) is 0 Å². The maximum atomic E-state index is 12.9. The van der Waals surface area contributed by atoms with Crippen LogP contribution >= 0.6 is 0 Å². The summed E-state index contributed by atoms with van der Waals surface area (Å²) in [6.45, 7) is 6.04. The van der Waals surface area contributed by atoms with Crippen molar-refractivity contribution >= 4 is 5.91 Å². The van der Waals surface area contributed by atoms with Gasteiger partial charge in [-0.15, -0.1) is 0 Å². The molecule has 0 aliphatic carbocycles. The van der Waals surface area contributed by atoms with Crippen LogP contribution in [0.25, 0.3) is 11.1 Å². The average Bonchev–Trinajstić information content (AvgIpc) is 3.26. The topological polar surface area (TPSA) is 91.4 Å². The molecule has 3 N–H and O–H groups in total. The van der Waals surface area contributed by atoms with E-state index in [1.54, 1.807) is 13.2 Å². The van der Waals surface area contributed by atoms with E-state index in [4.69, 9.17) is 15.2 Å². The van der Waals surface area contributed by atoms with Crippen molar-refractivity contribution in [2.24, 2.45) is 5.73 Å². The van der Waals surface area contributed by atoms with Crippen molar-refractivity contribution in [1.29, 1.82) is 0 Å². The third kappa shape index (κ3) is 5.93. The summed E-state index contributed by atoms with van der Waals surface area (Å²) in [6, 6.07) is 13.5. The number of benzene rings is 2. The summed E-state index contributed by atoms with van der Waals surface area (Å²) in [5.74, 6) is 0.502. The minimum Gasteiger partial charge on any atom is -0.492 e. The summed E-state index contributed by atoms with van der Waals surface area (Å²) in [6.07, 6.45) is 3.84. The number of carbonyl (C=O) groups is 1. The molecular weight excluding hydrogens is 392 g/mol.